The Bertz CT molecular complexity index is 406. The second kappa shape index (κ2) is 9.37. The first-order valence-corrected chi connectivity index (χ1v) is 7.33. The third-order valence-electron chi connectivity index (χ3n) is 2.91. The number of para-hydroxylation sites is 1. The van der Waals surface area contributed by atoms with Crippen molar-refractivity contribution in [2.75, 3.05) is 19.8 Å². The van der Waals surface area contributed by atoms with E-state index in [0.717, 1.165) is 24.3 Å². The molecule has 0 aliphatic rings. The number of carbonyl (C=O) groups excluding carboxylic acids is 1. The Morgan fingerprint density at radius 1 is 1.20 bits per heavy atom. The van der Waals surface area contributed by atoms with Crippen molar-refractivity contribution < 1.29 is 14.3 Å². The minimum absolute atomic E-state index is 0.0725. The van der Waals surface area contributed by atoms with Gasteiger partial charge in [-0.25, -0.2) is 0 Å². The minimum atomic E-state index is -0.188. The zero-order chi connectivity index (χ0) is 14.8. The summed E-state index contributed by atoms with van der Waals surface area (Å²) >= 11 is 0. The second-order valence-corrected chi connectivity index (χ2v) is 4.49. The van der Waals surface area contributed by atoms with Gasteiger partial charge in [0, 0.05) is 11.6 Å². The predicted molar refractivity (Wildman–Crippen MR) is 79.9 cm³/mol. The molecule has 0 bridgehead atoms. The zero-order valence-electron chi connectivity index (χ0n) is 12.6. The van der Waals surface area contributed by atoms with Crippen molar-refractivity contribution in [3.63, 3.8) is 0 Å². The van der Waals surface area contributed by atoms with Crippen LogP contribution in [-0.2, 0) is 9.53 Å². The summed E-state index contributed by atoms with van der Waals surface area (Å²) in [6.45, 7) is 7.74. The molecule has 1 rings (SSSR count). The molecule has 0 heterocycles. The van der Waals surface area contributed by atoms with Gasteiger partial charge in [-0.1, -0.05) is 25.1 Å². The lowest BCUT2D eigenvalue weighted by Crippen LogP contribution is -2.26. The quantitative estimate of drug-likeness (QED) is 0.706. The van der Waals surface area contributed by atoms with Crippen LogP contribution in [0, 0.1) is 0 Å². The Hall–Kier alpha value is -1.55. The molecule has 112 valence electrons. The molecule has 0 amide bonds. The van der Waals surface area contributed by atoms with Crippen molar-refractivity contribution in [2.45, 2.75) is 39.7 Å². The maximum Gasteiger partial charge on any atom is 0.307 e. The number of hydrogen-bond donors (Lipinski definition) is 1. The Morgan fingerprint density at radius 3 is 2.60 bits per heavy atom. The van der Waals surface area contributed by atoms with Gasteiger partial charge < -0.3 is 14.8 Å². The average molecular weight is 279 g/mol. The van der Waals surface area contributed by atoms with E-state index in [1.54, 1.807) is 0 Å². The first kappa shape index (κ1) is 16.5. The highest BCUT2D eigenvalue weighted by molar-refractivity contribution is 5.70. The van der Waals surface area contributed by atoms with Crippen LogP contribution in [0.3, 0.4) is 0 Å². The van der Waals surface area contributed by atoms with Crippen molar-refractivity contribution in [1.29, 1.82) is 0 Å². The van der Waals surface area contributed by atoms with E-state index in [0.29, 0.717) is 19.6 Å². The predicted octanol–water partition coefficient (Wildman–Crippen LogP) is 3.08. The Kier molecular flexibility index (Phi) is 7.73. The lowest BCUT2D eigenvalue weighted by molar-refractivity contribution is -0.143. The van der Waals surface area contributed by atoms with Crippen molar-refractivity contribution in [2.24, 2.45) is 0 Å². The van der Waals surface area contributed by atoms with E-state index in [-0.39, 0.29) is 12.0 Å². The Labute approximate surface area is 121 Å². The number of carbonyl (C=O) groups is 1. The van der Waals surface area contributed by atoms with Crippen LogP contribution in [0.15, 0.2) is 24.3 Å². The smallest absolute Gasteiger partial charge is 0.307 e. The zero-order valence-corrected chi connectivity index (χ0v) is 12.6. The molecule has 4 nitrogen and oxygen atoms in total. The molecule has 0 aliphatic carbocycles. The van der Waals surface area contributed by atoms with E-state index in [1.165, 1.54) is 0 Å². The van der Waals surface area contributed by atoms with Crippen molar-refractivity contribution in [1.82, 2.24) is 5.32 Å². The van der Waals surface area contributed by atoms with E-state index in [2.05, 4.69) is 12.2 Å². The highest BCUT2D eigenvalue weighted by Crippen LogP contribution is 2.27. The number of esters is 1. The molecule has 0 aliphatic heterocycles. The molecule has 0 radical (unpaired) electrons. The summed E-state index contributed by atoms with van der Waals surface area (Å²) in [7, 11) is 0. The van der Waals surface area contributed by atoms with Crippen molar-refractivity contribution >= 4 is 5.97 Å². The van der Waals surface area contributed by atoms with E-state index in [1.807, 2.05) is 38.1 Å². The molecule has 1 aromatic rings. The van der Waals surface area contributed by atoms with E-state index in [4.69, 9.17) is 9.47 Å². The summed E-state index contributed by atoms with van der Waals surface area (Å²) in [5, 5.41) is 3.39. The highest BCUT2D eigenvalue weighted by atomic mass is 16.5. The van der Waals surface area contributed by atoms with E-state index >= 15 is 0 Å². The average Bonchev–Trinajstić information content (AvgIpc) is 2.45. The maximum absolute atomic E-state index is 11.8. The van der Waals surface area contributed by atoms with Crippen LogP contribution in [0.1, 0.15) is 45.2 Å². The summed E-state index contributed by atoms with van der Waals surface area (Å²) in [5.74, 6) is 0.639. The number of ether oxygens (including phenoxy) is 2. The molecule has 4 heteroatoms. The van der Waals surface area contributed by atoms with Crippen LogP contribution in [0.5, 0.6) is 5.75 Å². The van der Waals surface area contributed by atoms with Crippen LogP contribution >= 0.6 is 0 Å². The van der Waals surface area contributed by atoms with Gasteiger partial charge in [0.15, 0.2) is 0 Å². The fourth-order valence-electron chi connectivity index (χ4n) is 2.05. The Balaban J connectivity index is 2.88. The molecule has 1 unspecified atom stereocenters. The normalized spacial score (nSPS) is 11.9. The summed E-state index contributed by atoms with van der Waals surface area (Å²) in [5.41, 5.74) is 1.01. The van der Waals surface area contributed by atoms with Crippen LogP contribution in [-0.4, -0.2) is 25.7 Å². The molecular weight excluding hydrogens is 254 g/mol. The molecular formula is C16H25NO3. The van der Waals surface area contributed by atoms with Gasteiger partial charge in [0.05, 0.1) is 19.6 Å². The number of rotatable bonds is 9. The molecule has 0 fully saturated rings. The summed E-state index contributed by atoms with van der Waals surface area (Å²) in [6.07, 6.45) is 1.33. The van der Waals surface area contributed by atoms with Gasteiger partial charge >= 0.3 is 5.97 Å². The fraction of sp³-hybridized carbons (Fsp3) is 0.562. The lowest BCUT2D eigenvalue weighted by atomic mass is 10.0. The molecule has 20 heavy (non-hydrogen) atoms. The van der Waals surface area contributed by atoms with Crippen molar-refractivity contribution in [3.8, 4) is 5.75 Å². The first-order chi connectivity index (χ1) is 9.72. The summed E-state index contributed by atoms with van der Waals surface area (Å²) in [6, 6.07) is 7.76. The van der Waals surface area contributed by atoms with Gasteiger partial charge in [-0.15, -0.1) is 0 Å². The van der Waals surface area contributed by atoms with Gasteiger partial charge in [0.2, 0.25) is 0 Å². The van der Waals surface area contributed by atoms with Gasteiger partial charge in [0.1, 0.15) is 5.75 Å². The minimum Gasteiger partial charge on any atom is -0.494 e. The van der Waals surface area contributed by atoms with E-state index in [9.17, 15) is 4.79 Å². The standard InChI is InChI=1S/C16H25NO3/c1-4-11-17-14(12-16(18)20-6-3)13-9-7-8-10-15(13)19-5-2/h7-10,14,17H,4-6,11-12H2,1-3H3. The molecule has 0 saturated heterocycles. The molecule has 1 atom stereocenters. The van der Waals surface area contributed by atoms with Gasteiger partial charge in [0.25, 0.3) is 0 Å². The van der Waals surface area contributed by atoms with Crippen LogP contribution < -0.4 is 10.1 Å². The molecule has 1 aromatic carbocycles. The SMILES string of the molecule is CCCNC(CC(=O)OCC)c1ccccc1OCC. The number of hydrogen-bond acceptors (Lipinski definition) is 4. The van der Waals surface area contributed by atoms with Gasteiger partial charge in [-0.05, 0) is 32.9 Å². The van der Waals surface area contributed by atoms with Crippen LogP contribution in [0.4, 0.5) is 0 Å². The van der Waals surface area contributed by atoms with E-state index < -0.39 is 0 Å². The molecule has 0 spiro atoms. The number of benzene rings is 1. The molecule has 0 aromatic heterocycles. The third-order valence-corrected chi connectivity index (χ3v) is 2.91. The topological polar surface area (TPSA) is 47.6 Å². The summed E-state index contributed by atoms with van der Waals surface area (Å²) < 4.78 is 10.7. The molecule has 1 N–H and O–H groups in total. The second-order valence-electron chi connectivity index (χ2n) is 4.49. The Morgan fingerprint density at radius 2 is 1.95 bits per heavy atom. The monoisotopic (exact) mass is 279 g/mol. The highest BCUT2D eigenvalue weighted by Gasteiger charge is 2.19. The van der Waals surface area contributed by atoms with Gasteiger partial charge in [-0.2, -0.15) is 0 Å². The number of nitrogens with one attached hydrogen (secondary N) is 1. The van der Waals surface area contributed by atoms with Crippen LogP contribution in [0.25, 0.3) is 0 Å². The van der Waals surface area contributed by atoms with Crippen LogP contribution in [0.2, 0.25) is 0 Å². The summed E-state index contributed by atoms with van der Waals surface area (Å²) in [4.78, 5) is 11.8. The third kappa shape index (κ3) is 5.21. The maximum atomic E-state index is 11.8. The van der Waals surface area contributed by atoms with Gasteiger partial charge in [-0.3, -0.25) is 4.79 Å². The lowest BCUT2D eigenvalue weighted by Gasteiger charge is -2.21. The largest absolute Gasteiger partial charge is 0.494 e. The fourth-order valence-corrected chi connectivity index (χ4v) is 2.05. The van der Waals surface area contributed by atoms with Crippen molar-refractivity contribution in [3.05, 3.63) is 29.8 Å². The first-order valence-electron chi connectivity index (χ1n) is 7.33. The molecule has 0 saturated carbocycles.